The molecule has 7 nitrogen and oxygen atoms in total. The van der Waals surface area contributed by atoms with Crippen LogP contribution >= 0.6 is 0 Å². The average molecular weight is 270 g/mol. The zero-order valence-corrected chi connectivity index (χ0v) is 10.6. The summed E-state index contributed by atoms with van der Waals surface area (Å²) in [5.41, 5.74) is 1.97. The molecule has 0 amide bonds. The number of carbonyl (C=O) groups excluding carboxylic acids is 1. The van der Waals surface area contributed by atoms with Crippen LogP contribution in [0.3, 0.4) is 0 Å². The molecular formula is C13H10N4O3. The van der Waals surface area contributed by atoms with Crippen LogP contribution in [0.15, 0.2) is 35.1 Å². The molecule has 0 spiro atoms. The van der Waals surface area contributed by atoms with E-state index >= 15 is 0 Å². The van der Waals surface area contributed by atoms with Gasteiger partial charge in [0.1, 0.15) is 5.52 Å². The van der Waals surface area contributed by atoms with Crippen LogP contribution in [-0.4, -0.2) is 32.7 Å². The van der Waals surface area contributed by atoms with Crippen molar-refractivity contribution in [3.05, 3.63) is 36.4 Å². The fourth-order valence-electron chi connectivity index (χ4n) is 1.78. The van der Waals surface area contributed by atoms with Crippen molar-refractivity contribution in [3.8, 4) is 11.5 Å². The van der Waals surface area contributed by atoms with Gasteiger partial charge in [-0.15, -0.1) is 0 Å². The molecule has 0 radical (unpaired) electrons. The van der Waals surface area contributed by atoms with E-state index in [-0.39, 0.29) is 18.3 Å². The van der Waals surface area contributed by atoms with E-state index in [1.807, 2.05) is 6.07 Å². The highest BCUT2D eigenvalue weighted by Gasteiger charge is 2.18. The minimum absolute atomic E-state index is 0.109. The first-order chi connectivity index (χ1) is 9.79. The summed E-state index contributed by atoms with van der Waals surface area (Å²) in [6, 6.07) is 5.41. The molecule has 0 aliphatic rings. The minimum atomic E-state index is -0.617. The number of esters is 1. The summed E-state index contributed by atoms with van der Waals surface area (Å²) in [5, 5.41) is 3.61. The van der Waals surface area contributed by atoms with E-state index in [0.29, 0.717) is 16.6 Å². The number of ether oxygens (including phenoxy) is 1. The lowest BCUT2D eigenvalue weighted by Gasteiger charge is -1.99. The number of nitrogens with zero attached hydrogens (tertiary/aromatic N) is 4. The van der Waals surface area contributed by atoms with Crippen LogP contribution in [0.2, 0.25) is 0 Å². The van der Waals surface area contributed by atoms with Gasteiger partial charge in [0.2, 0.25) is 0 Å². The molecule has 0 aliphatic carbocycles. The predicted octanol–water partition coefficient (Wildman–Crippen LogP) is 1.86. The quantitative estimate of drug-likeness (QED) is 0.670. The van der Waals surface area contributed by atoms with E-state index < -0.39 is 5.97 Å². The first-order valence-electron chi connectivity index (χ1n) is 6.00. The summed E-state index contributed by atoms with van der Waals surface area (Å²) >= 11 is 0. The molecule has 3 rings (SSSR count). The third-order valence-electron chi connectivity index (χ3n) is 2.61. The van der Waals surface area contributed by atoms with Gasteiger partial charge in [-0.2, -0.15) is 4.98 Å². The van der Waals surface area contributed by atoms with Crippen molar-refractivity contribution in [2.75, 3.05) is 6.61 Å². The molecule has 0 N–H and O–H groups in total. The van der Waals surface area contributed by atoms with Crippen molar-refractivity contribution in [1.82, 2.24) is 20.1 Å². The Morgan fingerprint density at radius 3 is 3.00 bits per heavy atom. The molecule has 1 aromatic carbocycles. The highest BCUT2D eigenvalue weighted by Crippen LogP contribution is 2.24. The summed E-state index contributed by atoms with van der Waals surface area (Å²) < 4.78 is 9.91. The molecule has 7 heteroatoms. The van der Waals surface area contributed by atoms with Gasteiger partial charge in [-0.05, 0) is 24.2 Å². The molecule has 0 saturated carbocycles. The highest BCUT2D eigenvalue weighted by atomic mass is 16.5. The van der Waals surface area contributed by atoms with E-state index in [9.17, 15) is 4.79 Å². The zero-order chi connectivity index (χ0) is 13.9. The van der Waals surface area contributed by atoms with E-state index in [0.717, 1.165) is 0 Å². The van der Waals surface area contributed by atoms with Crippen LogP contribution in [0, 0.1) is 0 Å². The average Bonchev–Trinajstić information content (AvgIpc) is 2.97. The number of benzene rings is 1. The third-order valence-corrected chi connectivity index (χ3v) is 2.61. The lowest BCUT2D eigenvalue weighted by atomic mass is 10.2. The highest BCUT2D eigenvalue weighted by molar-refractivity contribution is 5.90. The van der Waals surface area contributed by atoms with E-state index in [1.165, 1.54) is 0 Å². The Kier molecular flexibility index (Phi) is 3.08. The maximum atomic E-state index is 11.5. The van der Waals surface area contributed by atoms with Gasteiger partial charge >= 0.3 is 5.97 Å². The van der Waals surface area contributed by atoms with Gasteiger partial charge in [-0.1, -0.05) is 6.07 Å². The topological polar surface area (TPSA) is 91.0 Å². The lowest BCUT2D eigenvalue weighted by molar-refractivity contribution is 0.0508. The third kappa shape index (κ3) is 2.09. The van der Waals surface area contributed by atoms with Gasteiger partial charge < -0.3 is 9.26 Å². The normalized spacial score (nSPS) is 10.7. The maximum absolute atomic E-state index is 11.5. The van der Waals surface area contributed by atoms with Gasteiger partial charge in [0.25, 0.3) is 11.7 Å². The SMILES string of the molecule is CCOC(=O)c1noc(-c2cccc3nccnc23)n1. The van der Waals surface area contributed by atoms with Crippen LogP contribution in [0.25, 0.3) is 22.5 Å². The summed E-state index contributed by atoms with van der Waals surface area (Å²) in [7, 11) is 0. The van der Waals surface area contributed by atoms with Crippen LogP contribution in [0.1, 0.15) is 17.5 Å². The zero-order valence-electron chi connectivity index (χ0n) is 10.6. The molecule has 20 heavy (non-hydrogen) atoms. The Bertz CT molecular complexity index is 764. The fourth-order valence-corrected chi connectivity index (χ4v) is 1.78. The number of aromatic nitrogens is 4. The minimum Gasteiger partial charge on any atom is -0.460 e. The van der Waals surface area contributed by atoms with Gasteiger partial charge in [-0.3, -0.25) is 9.97 Å². The van der Waals surface area contributed by atoms with Crippen molar-refractivity contribution in [2.24, 2.45) is 0 Å². The number of para-hydroxylation sites is 1. The molecule has 0 unspecified atom stereocenters. The molecule has 0 fully saturated rings. The molecule has 0 bridgehead atoms. The summed E-state index contributed by atoms with van der Waals surface area (Å²) in [6.45, 7) is 1.96. The van der Waals surface area contributed by atoms with Crippen molar-refractivity contribution < 1.29 is 14.1 Å². The van der Waals surface area contributed by atoms with Crippen molar-refractivity contribution in [3.63, 3.8) is 0 Å². The van der Waals surface area contributed by atoms with E-state index in [4.69, 9.17) is 9.26 Å². The molecule has 100 valence electrons. The van der Waals surface area contributed by atoms with Crippen LogP contribution in [-0.2, 0) is 4.74 Å². The standard InChI is InChI=1S/C13H10N4O3/c1-2-19-13(18)11-16-12(20-17-11)8-4-3-5-9-10(8)15-7-6-14-9/h3-7H,2H2,1H3. The van der Waals surface area contributed by atoms with E-state index in [2.05, 4.69) is 20.1 Å². The number of rotatable bonds is 3. The van der Waals surface area contributed by atoms with Crippen LogP contribution in [0.4, 0.5) is 0 Å². The predicted molar refractivity (Wildman–Crippen MR) is 68.8 cm³/mol. The van der Waals surface area contributed by atoms with Gasteiger partial charge in [-0.25, -0.2) is 4.79 Å². The fraction of sp³-hybridized carbons (Fsp3) is 0.154. The van der Waals surface area contributed by atoms with Crippen molar-refractivity contribution in [1.29, 1.82) is 0 Å². The largest absolute Gasteiger partial charge is 0.460 e. The van der Waals surface area contributed by atoms with Gasteiger partial charge in [0.15, 0.2) is 0 Å². The Morgan fingerprint density at radius 1 is 1.30 bits per heavy atom. The van der Waals surface area contributed by atoms with Crippen molar-refractivity contribution >= 4 is 17.0 Å². The van der Waals surface area contributed by atoms with Crippen LogP contribution < -0.4 is 0 Å². The summed E-state index contributed by atoms with van der Waals surface area (Å²) in [5.74, 6) is -0.518. The molecule has 0 saturated heterocycles. The van der Waals surface area contributed by atoms with Gasteiger partial charge in [0, 0.05) is 12.4 Å². The first-order valence-corrected chi connectivity index (χ1v) is 6.00. The van der Waals surface area contributed by atoms with Gasteiger partial charge in [0.05, 0.1) is 17.7 Å². The monoisotopic (exact) mass is 270 g/mol. The first kappa shape index (κ1) is 12.2. The molecule has 0 atom stereocenters. The molecule has 2 aromatic heterocycles. The molecule has 2 heterocycles. The Labute approximate surface area is 113 Å². The van der Waals surface area contributed by atoms with Crippen molar-refractivity contribution in [2.45, 2.75) is 6.92 Å². The molecule has 3 aromatic rings. The summed E-state index contributed by atoms with van der Waals surface area (Å²) in [4.78, 5) is 24.0. The lowest BCUT2D eigenvalue weighted by Crippen LogP contribution is -2.06. The van der Waals surface area contributed by atoms with Crippen LogP contribution in [0.5, 0.6) is 0 Å². The second-order valence-corrected chi connectivity index (χ2v) is 3.87. The second-order valence-electron chi connectivity index (χ2n) is 3.87. The number of hydrogen-bond acceptors (Lipinski definition) is 7. The Hall–Kier alpha value is -2.83. The Morgan fingerprint density at radius 2 is 2.15 bits per heavy atom. The second kappa shape index (κ2) is 5.04. The Balaban J connectivity index is 2.06. The number of carbonyl (C=O) groups is 1. The maximum Gasteiger partial charge on any atom is 0.379 e. The number of fused-ring (bicyclic) bond motifs is 1. The smallest absolute Gasteiger partial charge is 0.379 e. The molecule has 0 aliphatic heterocycles. The van der Waals surface area contributed by atoms with E-state index in [1.54, 1.807) is 31.5 Å². The number of hydrogen-bond donors (Lipinski definition) is 0. The molecular weight excluding hydrogens is 260 g/mol. The summed E-state index contributed by atoms with van der Waals surface area (Å²) in [6.07, 6.45) is 3.18.